The Balaban J connectivity index is 2.39. The van der Waals surface area contributed by atoms with Gasteiger partial charge >= 0.3 is 12.1 Å². The molecular formula is C17H17F4N3O3. The Labute approximate surface area is 152 Å². The van der Waals surface area contributed by atoms with Gasteiger partial charge in [-0.1, -0.05) is 6.92 Å². The summed E-state index contributed by atoms with van der Waals surface area (Å²) in [6.07, 6.45) is -4.53. The molecular weight excluding hydrogens is 370 g/mol. The molecule has 1 amide bonds. The van der Waals surface area contributed by atoms with E-state index in [1.165, 1.54) is 17.9 Å². The highest BCUT2D eigenvalue weighted by Gasteiger charge is 2.32. The van der Waals surface area contributed by atoms with E-state index in [4.69, 9.17) is 5.11 Å². The first-order valence-corrected chi connectivity index (χ1v) is 7.94. The van der Waals surface area contributed by atoms with Crippen molar-refractivity contribution in [2.75, 3.05) is 0 Å². The molecule has 1 aliphatic heterocycles. The van der Waals surface area contributed by atoms with Crippen LogP contribution in [0.4, 0.5) is 17.6 Å². The van der Waals surface area contributed by atoms with Crippen molar-refractivity contribution in [2.24, 2.45) is 4.99 Å². The van der Waals surface area contributed by atoms with Crippen LogP contribution in [0.2, 0.25) is 0 Å². The highest BCUT2D eigenvalue weighted by atomic mass is 19.4. The number of aliphatic carboxylic acids is 1. The van der Waals surface area contributed by atoms with Gasteiger partial charge in [-0.3, -0.25) is 4.79 Å². The van der Waals surface area contributed by atoms with Crippen molar-refractivity contribution in [2.45, 2.75) is 39.3 Å². The van der Waals surface area contributed by atoms with E-state index in [2.05, 4.69) is 10.3 Å². The van der Waals surface area contributed by atoms with E-state index in [1.54, 1.807) is 6.92 Å². The van der Waals surface area contributed by atoms with Crippen LogP contribution < -0.4 is 5.32 Å². The second kappa shape index (κ2) is 7.77. The van der Waals surface area contributed by atoms with E-state index in [1.807, 2.05) is 0 Å². The van der Waals surface area contributed by atoms with E-state index in [0.29, 0.717) is 23.9 Å². The van der Waals surface area contributed by atoms with Gasteiger partial charge in [0.2, 0.25) is 5.91 Å². The highest BCUT2D eigenvalue weighted by molar-refractivity contribution is 6.40. The van der Waals surface area contributed by atoms with Gasteiger partial charge in [0.1, 0.15) is 11.5 Å². The number of halogens is 4. The molecule has 10 heteroatoms. The van der Waals surface area contributed by atoms with Crippen molar-refractivity contribution < 1.29 is 32.3 Å². The van der Waals surface area contributed by atoms with Gasteiger partial charge in [0.15, 0.2) is 6.29 Å². The molecule has 1 unspecified atom stereocenters. The summed E-state index contributed by atoms with van der Waals surface area (Å²) < 4.78 is 52.8. The lowest BCUT2D eigenvalue weighted by atomic mass is 10.1. The number of nitrogens with zero attached hydrogens (tertiary/aromatic N) is 2. The number of allylic oxidation sites excluding steroid dienone is 1. The zero-order valence-corrected chi connectivity index (χ0v) is 14.5. The largest absolute Gasteiger partial charge is 0.477 e. The zero-order chi connectivity index (χ0) is 20.4. The standard InChI is InChI=1S/C17H17F4N3O3/c1-3-14(25)23-16-22-13(15(26)27)6-9(2)24(16)8-10-7-11(17(19,20)21)4-5-12(10)18/h4-7,16H,3,8H2,1-2H3,(H,23,25)(H,26,27). The number of amides is 1. The number of benzene rings is 1. The molecule has 1 aromatic rings. The van der Waals surface area contributed by atoms with Crippen LogP contribution in [0.15, 0.2) is 35.0 Å². The number of carboxylic acids is 1. The SMILES string of the molecule is CCC(=O)NC1N=C(C(=O)O)C=C(C)N1Cc1cc(C(F)(F)F)ccc1F. The molecule has 2 N–H and O–H groups in total. The fourth-order valence-corrected chi connectivity index (χ4v) is 2.45. The number of carboxylic acid groups (broad SMARTS) is 1. The third-order valence-corrected chi connectivity index (χ3v) is 3.90. The summed E-state index contributed by atoms with van der Waals surface area (Å²) in [5.74, 6) is -2.63. The Morgan fingerprint density at radius 2 is 2.00 bits per heavy atom. The normalized spacial score (nSPS) is 17.3. The molecule has 0 bridgehead atoms. The molecule has 1 aromatic carbocycles. The maximum Gasteiger partial charge on any atom is 0.416 e. The number of rotatable bonds is 5. The number of hydrogen-bond acceptors (Lipinski definition) is 4. The Kier molecular flexibility index (Phi) is 5.87. The van der Waals surface area contributed by atoms with Crippen molar-refractivity contribution in [3.05, 3.63) is 46.9 Å². The zero-order valence-electron chi connectivity index (χ0n) is 14.5. The first-order chi connectivity index (χ1) is 12.5. The van der Waals surface area contributed by atoms with Gasteiger partial charge in [0.05, 0.1) is 5.56 Å². The minimum absolute atomic E-state index is 0.0863. The number of carbonyl (C=O) groups excluding carboxylic acids is 1. The number of nitrogens with one attached hydrogen (secondary N) is 1. The van der Waals surface area contributed by atoms with Gasteiger partial charge < -0.3 is 15.3 Å². The quantitative estimate of drug-likeness (QED) is 0.762. The van der Waals surface area contributed by atoms with Crippen LogP contribution in [-0.2, 0) is 22.3 Å². The molecule has 1 aliphatic rings. The predicted molar refractivity (Wildman–Crippen MR) is 88.0 cm³/mol. The lowest BCUT2D eigenvalue weighted by Gasteiger charge is -2.35. The van der Waals surface area contributed by atoms with Gasteiger partial charge in [0.25, 0.3) is 0 Å². The average molecular weight is 387 g/mol. The molecule has 0 aromatic heterocycles. The lowest BCUT2D eigenvalue weighted by molar-refractivity contribution is -0.137. The second-order valence-corrected chi connectivity index (χ2v) is 5.83. The van der Waals surface area contributed by atoms with Crippen LogP contribution in [0, 0.1) is 5.82 Å². The first kappa shape index (κ1) is 20.4. The van der Waals surface area contributed by atoms with Crippen LogP contribution in [-0.4, -0.2) is 33.9 Å². The number of hydrogen-bond donors (Lipinski definition) is 2. The molecule has 6 nitrogen and oxygen atoms in total. The summed E-state index contributed by atoms with van der Waals surface area (Å²) in [6, 6.07) is 2.03. The van der Waals surface area contributed by atoms with E-state index in [-0.39, 0.29) is 24.2 Å². The van der Waals surface area contributed by atoms with Gasteiger partial charge in [-0.15, -0.1) is 0 Å². The molecule has 0 aliphatic carbocycles. The Bertz CT molecular complexity index is 818. The minimum Gasteiger partial charge on any atom is -0.477 e. The third-order valence-electron chi connectivity index (χ3n) is 3.90. The van der Waals surface area contributed by atoms with E-state index >= 15 is 0 Å². The molecule has 1 heterocycles. The molecule has 0 fully saturated rings. The molecule has 0 radical (unpaired) electrons. The fraction of sp³-hybridized carbons (Fsp3) is 0.353. The first-order valence-electron chi connectivity index (χ1n) is 7.94. The Morgan fingerprint density at radius 3 is 2.56 bits per heavy atom. The second-order valence-electron chi connectivity index (χ2n) is 5.83. The molecule has 1 atom stereocenters. The van der Waals surface area contributed by atoms with Gasteiger partial charge in [-0.2, -0.15) is 13.2 Å². The van der Waals surface area contributed by atoms with Crippen molar-refractivity contribution >= 4 is 17.6 Å². The molecule has 146 valence electrons. The summed E-state index contributed by atoms with van der Waals surface area (Å²) >= 11 is 0. The van der Waals surface area contributed by atoms with Gasteiger partial charge in [-0.25, -0.2) is 14.2 Å². The predicted octanol–water partition coefficient (Wildman–Crippen LogP) is 2.90. The van der Waals surface area contributed by atoms with Crippen molar-refractivity contribution in [3.8, 4) is 0 Å². The summed E-state index contributed by atoms with van der Waals surface area (Å²) in [5.41, 5.74) is -1.29. The maximum absolute atomic E-state index is 14.1. The molecule has 0 spiro atoms. The number of aliphatic imine (C=N–C) groups is 1. The molecule has 27 heavy (non-hydrogen) atoms. The van der Waals surface area contributed by atoms with Gasteiger partial charge in [0, 0.05) is 24.2 Å². The average Bonchev–Trinajstić information content (AvgIpc) is 2.57. The summed E-state index contributed by atoms with van der Waals surface area (Å²) in [5, 5.41) is 11.6. The van der Waals surface area contributed by atoms with Crippen molar-refractivity contribution in [1.82, 2.24) is 10.2 Å². The van der Waals surface area contributed by atoms with Crippen LogP contribution in [0.3, 0.4) is 0 Å². The van der Waals surface area contributed by atoms with E-state index in [9.17, 15) is 27.2 Å². The lowest BCUT2D eigenvalue weighted by Crippen LogP contribution is -2.48. The van der Waals surface area contributed by atoms with Crippen LogP contribution in [0.5, 0.6) is 0 Å². The molecule has 0 saturated heterocycles. The monoisotopic (exact) mass is 387 g/mol. The summed E-state index contributed by atoms with van der Waals surface area (Å²) in [4.78, 5) is 28.1. The maximum atomic E-state index is 14.1. The highest BCUT2D eigenvalue weighted by Crippen LogP contribution is 2.31. The van der Waals surface area contributed by atoms with E-state index in [0.717, 1.165) is 0 Å². The molecule has 0 saturated carbocycles. The van der Waals surface area contributed by atoms with Crippen molar-refractivity contribution in [3.63, 3.8) is 0 Å². The topological polar surface area (TPSA) is 82.0 Å². The number of alkyl halides is 3. The smallest absolute Gasteiger partial charge is 0.416 e. The third kappa shape index (κ3) is 4.83. The van der Waals surface area contributed by atoms with Crippen LogP contribution >= 0.6 is 0 Å². The van der Waals surface area contributed by atoms with Gasteiger partial charge in [-0.05, 0) is 31.2 Å². The van der Waals surface area contributed by atoms with Crippen LogP contribution in [0.25, 0.3) is 0 Å². The number of carbonyl (C=O) groups is 2. The van der Waals surface area contributed by atoms with Crippen molar-refractivity contribution in [1.29, 1.82) is 0 Å². The Morgan fingerprint density at radius 1 is 1.33 bits per heavy atom. The summed E-state index contributed by atoms with van der Waals surface area (Å²) in [6.45, 7) is 2.72. The summed E-state index contributed by atoms with van der Waals surface area (Å²) in [7, 11) is 0. The van der Waals surface area contributed by atoms with Crippen LogP contribution in [0.1, 0.15) is 31.4 Å². The Hall–Kier alpha value is -2.91. The fourth-order valence-electron chi connectivity index (χ4n) is 2.45. The minimum atomic E-state index is -4.64. The molecule has 2 rings (SSSR count). The van der Waals surface area contributed by atoms with E-state index < -0.39 is 35.7 Å².